The lowest BCUT2D eigenvalue weighted by molar-refractivity contribution is -0.131. The number of alkyl halides is 2. The molecule has 3 heterocycles. The molecule has 1 aliphatic rings. The van der Waals surface area contributed by atoms with Crippen molar-refractivity contribution < 1.29 is 18.4 Å². The maximum Gasteiger partial charge on any atom is 0.268 e. The fourth-order valence-electron chi connectivity index (χ4n) is 3.67. The fourth-order valence-corrected chi connectivity index (χ4v) is 3.67. The van der Waals surface area contributed by atoms with E-state index in [9.17, 15) is 18.4 Å². The summed E-state index contributed by atoms with van der Waals surface area (Å²) in [7, 11) is 0. The number of benzene rings is 1. The van der Waals surface area contributed by atoms with Crippen molar-refractivity contribution in [3.8, 4) is 17.2 Å². The molecule has 1 atom stereocenters. The molecule has 4 rings (SSSR count). The van der Waals surface area contributed by atoms with Crippen molar-refractivity contribution in [3.05, 3.63) is 54.5 Å². The zero-order chi connectivity index (χ0) is 21.3. The molecule has 2 aromatic heterocycles. The minimum absolute atomic E-state index is 0.301. The van der Waals surface area contributed by atoms with Crippen LogP contribution in [0.4, 0.5) is 8.78 Å². The summed E-state index contributed by atoms with van der Waals surface area (Å²) >= 11 is 0. The van der Waals surface area contributed by atoms with E-state index < -0.39 is 43.3 Å². The van der Waals surface area contributed by atoms with Gasteiger partial charge in [0.1, 0.15) is 6.04 Å². The van der Waals surface area contributed by atoms with Crippen molar-refractivity contribution in [2.24, 2.45) is 0 Å². The molecule has 152 valence electrons. The van der Waals surface area contributed by atoms with Crippen molar-refractivity contribution in [2.75, 3.05) is 13.1 Å². The lowest BCUT2D eigenvalue weighted by Gasteiger charge is -2.19. The van der Waals surface area contributed by atoms with Crippen LogP contribution in [-0.4, -0.2) is 51.7 Å². The van der Waals surface area contributed by atoms with Gasteiger partial charge in [-0.3, -0.25) is 14.6 Å². The van der Waals surface area contributed by atoms with Gasteiger partial charge >= 0.3 is 0 Å². The third-order valence-electron chi connectivity index (χ3n) is 5.09. The second-order valence-corrected chi connectivity index (χ2v) is 7.08. The summed E-state index contributed by atoms with van der Waals surface area (Å²) < 4.78 is 27.1. The molecule has 0 bridgehead atoms. The molecule has 30 heavy (non-hydrogen) atoms. The topological polar surface area (TPSA) is 102 Å². The maximum absolute atomic E-state index is 13.6. The molecule has 1 aromatic carbocycles. The van der Waals surface area contributed by atoms with Gasteiger partial charge in [0.2, 0.25) is 5.91 Å². The number of rotatable bonds is 4. The number of nitriles is 1. The summed E-state index contributed by atoms with van der Waals surface area (Å²) in [6.07, 6.45) is 4.12. The summed E-state index contributed by atoms with van der Waals surface area (Å²) in [6, 6.07) is 9.55. The van der Waals surface area contributed by atoms with Gasteiger partial charge in [0.15, 0.2) is 0 Å². The highest BCUT2D eigenvalue weighted by atomic mass is 19.3. The van der Waals surface area contributed by atoms with Gasteiger partial charge in [-0.15, -0.1) is 0 Å². The second kappa shape index (κ2) is 7.55. The van der Waals surface area contributed by atoms with Crippen LogP contribution in [0.2, 0.25) is 0 Å². The Kier molecular flexibility index (Phi) is 4.91. The predicted octanol–water partition coefficient (Wildman–Crippen LogP) is 2.72. The first-order chi connectivity index (χ1) is 14.4. The first kappa shape index (κ1) is 19.5. The van der Waals surface area contributed by atoms with Gasteiger partial charge in [0.05, 0.1) is 24.7 Å². The van der Waals surface area contributed by atoms with Crippen molar-refractivity contribution >= 4 is 22.7 Å². The number of hydrogen-bond donors (Lipinski definition) is 2. The SMILES string of the molecule is N#CC1CC(F)(F)CN1C(=O)CNC(=O)c1ccncc1-c1cccc2[nH]ccc12. The summed E-state index contributed by atoms with van der Waals surface area (Å²) in [5, 5.41) is 12.4. The first-order valence-electron chi connectivity index (χ1n) is 9.25. The Morgan fingerprint density at radius 1 is 1.30 bits per heavy atom. The standard InChI is InChI=1S/C21H17F2N5O2/c22-21(23)8-13(9-24)28(12-21)19(29)11-27-20(30)16-4-6-25-10-17(16)14-2-1-3-18-15(14)5-7-26-18/h1-7,10,13,26H,8,11-12H2,(H,27,30). The van der Waals surface area contributed by atoms with Crippen LogP contribution >= 0.6 is 0 Å². The van der Waals surface area contributed by atoms with Crippen molar-refractivity contribution in [1.82, 2.24) is 20.2 Å². The van der Waals surface area contributed by atoms with Crippen LogP contribution in [0.1, 0.15) is 16.8 Å². The van der Waals surface area contributed by atoms with Gasteiger partial charge in [0.25, 0.3) is 11.8 Å². The maximum atomic E-state index is 13.6. The summed E-state index contributed by atoms with van der Waals surface area (Å²) in [6.45, 7) is -1.31. The number of hydrogen-bond acceptors (Lipinski definition) is 4. The summed E-state index contributed by atoms with van der Waals surface area (Å²) in [5.41, 5.74) is 2.57. The Bertz CT molecular complexity index is 1170. The Hall–Kier alpha value is -3.80. The van der Waals surface area contributed by atoms with Gasteiger partial charge in [-0.1, -0.05) is 12.1 Å². The molecular formula is C21H17F2N5O2. The number of nitrogens with zero attached hydrogens (tertiary/aromatic N) is 3. The van der Waals surface area contributed by atoms with Gasteiger partial charge < -0.3 is 15.2 Å². The molecule has 1 unspecified atom stereocenters. The number of aromatic amines is 1. The minimum atomic E-state index is -3.10. The highest BCUT2D eigenvalue weighted by Gasteiger charge is 2.47. The number of nitrogens with one attached hydrogen (secondary N) is 2. The van der Waals surface area contributed by atoms with Crippen LogP contribution in [0.3, 0.4) is 0 Å². The number of halogens is 2. The molecule has 0 aliphatic carbocycles. The quantitative estimate of drug-likeness (QED) is 0.692. The Morgan fingerprint density at radius 3 is 2.93 bits per heavy atom. The van der Waals surface area contributed by atoms with E-state index in [1.165, 1.54) is 12.3 Å². The van der Waals surface area contributed by atoms with Gasteiger partial charge in [-0.2, -0.15) is 5.26 Å². The molecule has 0 radical (unpaired) electrons. The van der Waals surface area contributed by atoms with E-state index in [4.69, 9.17) is 5.26 Å². The zero-order valence-electron chi connectivity index (χ0n) is 15.7. The van der Waals surface area contributed by atoms with Crippen molar-refractivity contribution in [1.29, 1.82) is 5.26 Å². The minimum Gasteiger partial charge on any atom is -0.361 e. The summed E-state index contributed by atoms with van der Waals surface area (Å²) in [4.78, 5) is 33.2. The van der Waals surface area contributed by atoms with E-state index in [0.717, 1.165) is 21.4 Å². The summed E-state index contributed by atoms with van der Waals surface area (Å²) in [5.74, 6) is -4.36. The molecule has 7 nitrogen and oxygen atoms in total. The van der Waals surface area contributed by atoms with Crippen LogP contribution in [-0.2, 0) is 4.79 Å². The van der Waals surface area contributed by atoms with Crippen LogP contribution in [0.5, 0.6) is 0 Å². The van der Waals surface area contributed by atoms with E-state index in [-0.39, 0.29) is 0 Å². The fraction of sp³-hybridized carbons (Fsp3) is 0.238. The molecule has 1 aliphatic heterocycles. The Balaban J connectivity index is 1.54. The van der Waals surface area contributed by atoms with Crippen molar-refractivity contribution in [3.63, 3.8) is 0 Å². The highest BCUT2D eigenvalue weighted by Crippen LogP contribution is 2.32. The lowest BCUT2D eigenvalue weighted by atomic mass is 9.98. The zero-order valence-corrected chi connectivity index (χ0v) is 15.7. The van der Waals surface area contributed by atoms with Crippen molar-refractivity contribution in [2.45, 2.75) is 18.4 Å². The van der Waals surface area contributed by atoms with Gasteiger partial charge in [-0.05, 0) is 23.8 Å². The number of pyridine rings is 1. The number of amides is 2. The van der Waals surface area contributed by atoms with E-state index >= 15 is 0 Å². The molecule has 2 N–H and O–H groups in total. The number of aromatic nitrogens is 2. The van der Waals surface area contributed by atoms with E-state index in [2.05, 4.69) is 15.3 Å². The third-order valence-corrected chi connectivity index (χ3v) is 5.09. The normalized spacial score (nSPS) is 17.6. The number of likely N-dealkylation sites (tertiary alicyclic amines) is 1. The molecule has 2 amide bonds. The molecular weight excluding hydrogens is 392 g/mol. The monoisotopic (exact) mass is 409 g/mol. The average Bonchev–Trinajstić information content (AvgIpc) is 3.35. The predicted molar refractivity (Wildman–Crippen MR) is 105 cm³/mol. The highest BCUT2D eigenvalue weighted by molar-refractivity contribution is 6.06. The van der Waals surface area contributed by atoms with Crippen LogP contribution in [0.25, 0.3) is 22.0 Å². The van der Waals surface area contributed by atoms with E-state index in [0.29, 0.717) is 11.1 Å². The molecule has 1 saturated heterocycles. The molecule has 3 aromatic rings. The Labute approximate surface area is 170 Å². The smallest absolute Gasteiger partial charge is 0.268 e. The number of fused-ring (bicyclic) bond motifs is 1. The van der Waals surface area contributed by atoms with Crippen LogP contribution < -0.4 is 5.32 Å². The largest absolute Gasteiger partial charge is 0.361 e. The van der Waals surface area contributed by atoms with Crippen LogP contribution in [0.15, 0.2) is 48.9 Å². The number of carbonyl (C=O) groups excluding carboxylic acids is 2. The average molecular weight is 409 g/mol. The second-order valence-electron chi connectivity index (χ2n) is 7.08. The van der Waals surface area contributed by atoms with Gasteiger partial charge in [-0.25, -0.2) is 8.78 Å². The lowest BCUT2D eigenvalue weighted by Crippen LogP contribution is -2.43. The molecule has 0 spiro atoms. The van der Waals surface area contributed by atoms with E-state index in [1.54, 1.807) is 18.5 Å². The molecule has 0 saturated carbocycles. The third kappa shape index (κ3) is 3.59. The van der Waals surface area contributed by atoms with Gasteiger partial charge in [0, 0.05) is 41.5 Å². The molecule has 9 heteroatoms. The molecule has 1 fully saturated rings. The van der Waals surface area contributed by atoms with Crippen LogP contribution in [0, 0.1) is 11.3 Å². The van der Waals surface area contributed by atoms with E-state index in [1.807, 2.05) is 24.3 Å². The Morgan fingerprint density at radius 2 is 2.13 bits per heavy atom. The first-order valence-corrected chi connectivity index (χ1v) is 9.25. The number of carbonyl (C=O) groups is 2. The number of H-pyrrole nitrogens is 1.